The van der Waals surface area contributed by atoms with E-state index >= 15 is 0 Å². The molecule has 5 N–H and O–H groups in total. The largest absolute Gasteiger partial charge is 0.445 e. The molecule has 75 heavy (non-hydrogen) atoms. The first kappa shape index (κ1) is 64.3. The van der Waals surface area contributed by atoms with Gasteiger partial charge in [0.15, 0.2) is 5.78 Å². The van der Waals surface area contributed by atoms with Crippen LogP contribution in [0.2, 0.25) is 0 Å². The number of carbonyl (C=O) groups is 7. The number of aliphatic hydroxyl groups is 1. The predicted molar refractivity (Wildman–Crippen MR) is 291 cm³/mol. The summed E-state index contributed by atoms with van der Waals surface area (Å²) in [5.41, 5.74) is 7.49. The molecule has 1 unspecified atom stereocenters. The fourth-order valence-corrected chi connectivity index (χ4v) is 10.5. The van der Waals surface area contributed by atoms with E-state index in [9.17, 15) is 38.7 Å². The van der Waals surface area contributed by atoms with Crippen molar-refractivity contribution in [1.82, 2.24) is 25.3 Å². The van der Waals surface area contributed by atoms with Crippen molar-refractivity contribution < 1.29 is 52.9 Å². The van der Waals surface area contributed by atoms with E-state index in [0.717, 1.165) is 12.0 Å². The maximum absolute atomic E-state index is 14.7. The van der Waals surface area contributed by atoms with Gasteiger partial charge in [0.25, 0.3) is 0 Å². The number of hydrogen-bond acceptors (Lipinski definition) is 12. The number of likely N-dealkylation sites (tertiary alicyclic amines) is 1. The van der Waals surface area contributed by atoms with Crippen molar-refractivity contribution in [3.8, 4) is 0 Å². The number of amides is 5. The highest BCUT2D eigenvalue weighted by atomic mass is 16.6. The van der Waals surface area contributed by atoms with Gasteiger partial charge in [-0.15, -0.1) is 0 Å². The molecule has 0 spiro atoms. The summed E-state index contributed by atoms with van der Waals surface area (Å²) in [7, 11) is 6.24. The van der Waals surface area contributed by atoms with E-state index in [1.54, 1.807) is 43.9 Å². The number of ketones is 2. The number of nitrogens with two attached hydrogens (primary N) is 1. The number of hydrogen-bond donors (Lipinski definition) is 4. The summed E-state index contributed by atoms with van der Waals surface area (Å²) in [5.74, 6) is -3.74. The minimum absolute atomic E-state index is 0.0199. The van der Waals surface area contributed by atoms with E-state index in [0.29, 0.717) is 37.8 Å². The molecular weight excluding hydrogens is 957 g/mol. The Balaban J connectivity index is 1.68. The van der Waals surface area contributed by atoms with Crippen molar-refractivity contribution in [2.45, 2.75) is 182 Å². The first-order chi connectivity index (χ1) is 35.3. The third kappa shape index (κ3) is 17.8. The molecule has 0 bridgehead atoms. The van der Waals surface area contributed by atoms with Gasteiger partial charge in [-0.1, -0.05) is 131 Å². The lowest BCUT2D eigenvalue weighted by atomic mass is 9.85. The molecule has 17 heteroatoms. The van der Waals surface area contributed by atoms with Crippen LogP contribution in [0.1, 0.15) is 139 Å². The number of aliphatic hydroxyl groups excluding tert-OH is 1. The van der Waals surface area contributed by atoms with E-state index in [-0.39, 0.29) is 96.8 Å². The summed E-state index contributed by atoms with van der Waals surface area (Å²) >= 11 is 0. The topological polar surface area (TPSA) is 227 Å². The van der Waals surface area contributed by atoms with Crippen LogP contribution in [0.5, 0.6) is 0 Å². The second-order valence-electron chi connectivity index (χ2n) is 22.2. The Hall–Kier alpha value is -4.97. The molecule has 13 atom stereocenters. The standard InChI is InChI=1S/C58H94N6O11/c1-16-37(9)52(47(73-14)32-48(67)64-29-21-24-44(64)54(74-15)39(11)45(65)30-38(10)53(68)42-22-19-18-20-23-42)62(12)57(71)50(35(5)6)61-56(70)51(36(7)8)63(13)58(72)75-33-40-25-27-43(28-26-40)60-55(69)41(17-2)31-46(66)49(59)34(3)4/h18-20,22-23,25-27,34-39,41,43-44,47,49-54,68H,16-17,21,24,28-33,59H2,1-15H3,(H,60,69)(H,61,70)/t37-,38-,39-,41+,43?,44-,47+,49-,50-,51-,52-,53+,54+/m0/s1. The van der Waals surface area contributed by atoms with Crippen LogP contribution in [0.15, 0.2) is 54.1 Å². The van der Waals surface area contributed by atoms with Gasteiger partial charge < -0.3 is 45.5 Å². The first-order valence-corrected chi connectivity index (χ1v) is 27.4. The number of likely N-dealkylation sites (N-methyl/N-ethyl adjacent to an activating group) is 2. The van der Waals surface area contributed by atoms with Gasteiger partial charge in [-0.25, -0.2) is 4.79 Å². The number of ether oxygens (including phenoxy) is 3. The van der Waals surface area contributed by atoms with Crippen LogP contribution in [-0.4, -0.2) is 151 Å². The number of Topliss-reactive ketones (excluding diaryl/α,β-unsaturated/α-hetero) is 2. The van der Waals surface area contributed by atoms with Crippen LogP contribution in [0, 0.1) is 41.4 Å². The summed E-state index contributed by atoms with van der Waals surface area (Å²) in [6.45, 7) is 21.0. The number of benzene rings is 1. The molecule has 1 heterocycles. The van der Waals surface area contributed by atoms with Crippen LogP contribution in [0.4, 0.5) is 4.79 Å². The maximum atomic E-state index is 14.7. The molecule has 1 aliphatic heterocycles. The van der Waals surface area contributed by atoms with Gasteiger partial charge in [0, 0.05) is 59.5 Å². The van der Waals surface area contributed by atoms with Crippen LogP contribution in [0.3, 0.4) is 0 Å². The molecule has 0 radical (unpaired) electrons. The van der Waals surface area contributed by atoms with E-state index < -0.39 is 66.3 Å². The predicted octanol–water partition coefficient (Wildman–Crippen LogP) is 6.81. The van der Waals surface area contributed by atoms with Crippen molar-refractivity contribution in [3.63, 3.8) is 0 Å². The normalized spacial score (nSPS) is 20.2. The highest BCUT2D eigenvalue weighted by Gasteiger charge is 2.44. The molecule has 5 amide bonds. The molecule has 1 aliphatic carbocycles. The Morgan fingerprint density at radius 3 is 1.99 bits per heavy atom. The third-order valence-corrected chi connectivity index (χ3v) is 15.7. The molecule has 17 nitrogen and oxygen atoms in total. The molecule has 422 valence electrons. The summed E-state index contributed by atoms with van der Waals surface area (Å²) in [5, 5.41) is 16.9. The highest BCUT2D eigenvalue weighted by Crippen LogP contribution is 2.32. The SMILES string of the molecule is CC[C@H](CC(=O)[C@@H](N)C(C)C)C(=O)NC1C=CC(COC(=O)N(C)[C@H](C(=O)N[C@H](C(=O)N(C)[C@@H]([C@@H](C)CC)[C@@H](CC(=O)N2CCC[C@H]2[C@H](OC)[C@@H](C)C(=O)C[C@H](C)[C@@H](O)c2ccccc2)OC)C(C)C)C(C)C)=CC1. The average molecular weight is 1050 g/mol. The molecule has 1 aromatic rings. The highest BCUT2D eigenvalue weighted by molar-refractivity contribution is 5.92. The van der Waals surface area contributed by atoms with Gasteiger partial charge in [-0.3, -0.25) is 33.7 Å². The Morgan fingerprint density at radius 2 is 1.45 bits per heavy atom. The second-order valence-corrected chi connectivity index (χ2v) is 22.2. The molecular formula is C58H94N6O11. The van der Waals surface area contributed by atoms with Gasteiger partial charge in [-0.05, 0) is 66.4 Å². The van der Waals surface area contributed by atoms with Crippen molar-refractivity contribution in [2.24, 2.45) is 47.2 Å². The molecule has 1 aromatic carbocycles. The van der Waals surface area contributed by atoms with E-state index in [2.05, 4.69) is 10.6 Å². The van der Waals surface area contributed by atoms with Crippen LogP contribution in [0.25, 0.3) is 0 Å². The molecule has 1 fully saturated rings. The van der Waals surface area contributed by atoms with E-state index in [4.69, 9.17) is 19.9 Å². The molecule has 2 aliphatic rings. The lowest BCUT2D eigenvalue weighted by Crippen LogP contribution is -2.60. The summed E-state index contributed by atoms with van der Waals surface area (Å²) in [6, 6.07) is 5.42. The number of carbonyl (C=O) groups excluding carboxylic acids is 7. The zero-order valence-electron chi connectivity index (χ0n) is 47.9. The lowest BCUT2D eigenvalue weighted by molar-refractivity contribution is -0.148. The smallest absolute Gasteiger partial charge is 0.410 e. The summed E-state index contributed by atoms with van der Waals surface area (Å²) in [4.78, 5) is 101. The van der Waals surface area contributed by atoms with Crippen molar-refractivity contribution >= 4 is 41.3 Å². The number of nitrogens with one attached hydrogen (secondary N) is 2. The van der Waals surface area contributed by atoms with Crippen LogP contribution < -0.4 is 16.4 Å². The third-order valence-electron chi connectivity index (χ3n) is 15.7. The summed E-state index contributed by atoms with van der Waals surface area (Å²) in [6.07, 6.45) is 5.79. The van der Waals surface area contributed by atoms with Gasteiger partial charge in [-0.2, -0.15) is 0 Å². The fraction of sp³-hybridized carbons (Fsp3) is 0.707. The Bertz CT molecular complexity index is 2100. The monoisotopic (exact) mass is 1050 g/mol. The van der Waals surface area contributed by atoms with Gasteiger partial charge in [0.2, 0.25) is 23.6 Å². The average Bonchev–Trinajstić information content (AvgIpc) is 3.87. The van der Waals surface area contributed by atoms with E-state index in [1.165, 1.54) is 19.1 Å². The number of methoxy groups -OCH3 is 2. The summed E-state index contributed by atoms with van der Waals surface area (Å²) < 4.78 is 17.8. The Kier molecular flexibility index (Phi) is 26.3. The Morgan fingerprint density at radius 1 is 0.800 bits per heavy atom. The van der Waals surface area contributed by atoms with Gasteiger partial charge in [0.05, 0.1) is 48.9 Å². The van der Waals surface area contributed by atoms with Crippen molar-refractivity contribution in [3.05, 3.63) is 59.7 Å². The van der Waals surface area contributed by atoms with Gasteiger partial charge in [0.1, 0.15) is 24.5 Å². The molecule has 1 saturated heterocycles. The lowest BCUT2D eigenvalue weighted by Gasteiger charge is -2.41. The maximum Gasteiger partial charge on any atom is 0.410 e. The number of nitrogens with zero attached hydrogens (tertiary/aromatic N) is 3. The number of rotatable bonds is 30. The van der Waals surface area contributed by atoms with Crippen LogP contribution >= 0.6 is 0 Å². The van der Waals surface area contributed by atoms with Crippen molar-refractivity contribution in [2.75, 3.05) is 41.5 Å². The zero-order valence-corrected chi connectivity index (χ0v) is 47.9. The quantitative estimate of drug-likeness (QED) is 0.0624. The molecule has 0 aromatic heterocycles. The first-order valence-electron chi connectivity index (χ1n) is 27.4. The van der Waals surface area contributed by atoms with Crippen LogP contribution in [-0.2, 0) is 43.0 Å². The molecule has 0 saturated carbocycles. The minimum atomic E-state index is -0.998. The zero-order chi connectivity index (χ0) is 56.4. The van der Waals surface area contributed by atoms with E-state index in [1.807, 2.05) is 105 Å². The second kappa shape index (κ2) is 30.7. The Labute approximate surface area is 448 Å². The van der Waals surface area contributed by atoms with Crippen molar-refractivity contribution in [1.29, 1.82) is 0 Å². The van der Waals surface area contributed by atoms with Gasteiger partial charge >= 0.3 is 6.09 Å². The minimum Gasteiger partial charge on any atom is -0.445 e. The fourth-order valence-electron chi connectivity index (χ4n) is 10.5. The molecule has 3 rings (SSSR count).